The second-order valence-corrected chi connectivity index (χ2v) is 8.88. The highest BCUT2D eigenvalue weighted by molar-refractivity contribution is 4.72. The predicted octanol–water partition coefficient (Wildman–Crippen LogP) is 5.73. The zero-order valence-corrected chi connectivity index (χ0v) is 17.3. The van der Waals surface area contributed by atoms with E-state index in [1.54, 1.807) is 0 Å². The quantitative estimate of drug-likeness (QED) is 0.508. The third kappa shape index (κ3) is 7.97. The lowest BCUT2D eigenvalue weighted by Gasteiger charge is -2.31. The zero-order chi connectivity index (χ0) is 18.1. The minimum atomic E-state index is 0.135. The Balaban J connectivity index is 1.64. The van der Waals surface area contributed by atoms with Crippen molar-refractivity contribution in [3.63, 3.8) is 0 Å². The molecule has 0 bridgehead atoms. The first kappa shape index (κ1) is 21.2. The van der Waals surface area contributed by atoms with Gasteiger partial charge in [0.15, 0.2) is 0 Å². The number of hydrogen-bond acceptors (Lipinski definition) is 3. The van der Waals surface area contributed by atoms with Crippen LogP contribution in [0.15, 0.2) is 0 Å². The molecule has 1 N–H and O–H groups in total. The Hall–Kier alpha value is -0.120. The summed E-state index contributed by atoms with van der Waals surface area (Å²) >= 11 is 0. The molecule has 0 aromatic rings. The summed E-state index contributed by atoms with van der Waals surface area (Å²) in [5.41, 5.74) is 0. The monoisotopic (exact) mass is 353 g/mol. The summed E-state index contributed by atoms with van der Waals surface area (Å²) in [5.74, 6) is 3.35. The summed E-state index contributed by atoms with van der Waals surface area (Å²) in [4.78, 5) is 0. The Labute approximate surface area is 156 Å². The summed E-state index contributed by atoms with van der Waals surface area (Å²) < 4.78 is 12.4. The maximum atomic E-state index is 6.21. The largest absolute Gasteiger partial charge is 0.363 e. The Morgan fingerprint density at radius 1 is 0.680 bits per heavy atom. The highest BCUT2D eigenvalue weighted by Gasteiger charge is 2.22. The van der Waals surface area contributed by atoms with E-state index in [-0.39, 0.29) is 12.5 Å². The highest BCUT2D eigenvalue weighted by Crippen LogP contribution is 2.29. The summed E-state index contributed by atoms with van der Waals surface area (Å²) in [6.45, 7) is 11.0. The van der Waals surface area contributed by atoms with E-state index < -0.39 is 0 Å². The second kappa shape index (κ2) is 11.6. The second-order valence-electron chi connectivity index (χ2n) is 8.88. The van der Waals surface area contributed by atoms with E-state index in [4.69, 9.17) is 9.47 Å². The van der Waals surface area contributed by atoms with Crippen LogP contribution in [-0.4, -0.2) is 25.7 Å². The molecule has 25 heavy (non-hydrogen) atoms. The standard InChI is InChI=1S/C22H43NO2/c1-5-21(24-15-19-11-7-17(3)8-12-19)23-22(6-2)25-16-20-13-9-18(4)10-14-20/h17-23H,5-16H2,1-4H3. The van der Waals surface area contributed by atoms with Crippen molar-refractivity contribution >= 4 is 0 Å². The van der Waals surface area contributed by atoms with Crippen molar-refractivity contribution < 1.29 is 9.47 Å². The molecule has 2 aliphatic rings. The topological polar surface area (TPSA) is 30.5 Å². The summed E-state index contributed by atoms with van der Waals surface area (Å²) in [5, 5.41) is 3.61. The van der Waals surface area contributed by atoms with E-state index in [0.717, 1.165) is 49.7 Å². The van der Waals surface area contributed by atoms with Gasteiger partial charge in [-0.3, -0.25) is 5.32 Å². The lowest BCUT2D eigenvalue weighted by Crippen LogP contribution is -2.42. The van der Waals surface area contributed by atoms with Crippen LogP contribution in [0.5, 0.6) is 0 Å². The number of rotatable bonds is 10. The fourth-order valence-electron chi connectivity index (χ4n) is 4.27. The molecular formula is C22H43NO2. The number of hydrogen-bond donors (Lipinski definition) is 1. The maximum absolute atomic E-state index is 6.21. The van der Waals surface area contributed by atoms with Crippen LogP contribution in [-0.2, 0) is 9.47 Å². The molecule has 2 atom stereocenters. The van der Waals surface area contributed by atoms with Gasteiger partial charge in [0.1, 0.15) is 12.5 Å². The molecule has 0 aliphatic heterocycles. The molecule has 0 radical (unpaired) electrons. The molecule has 148 valence electrons. The lowest BCUT2D eigenvalue weighted by atomic mass is 9.83. The van der Waals surface area contributed by atoms with Gasteiger partial charge < -0.3 is 9.47 Å². The summed E-state index contributed by atoms with van der Waals surface area (Å²) in [6, 6.07) is 0. The zero-order valence-electron chi connectivity index (χ0n) is 17.3. The van der Waals surface area contributed by atoms with Crippen molar-refractivity contribution in [3.05, 3.63) is 0 Å². The molecule has 0 saturated heterocycles. The van der Waals surface area contributed by atoms with Gasteiger partial charge >= 0.3 is 0 Å². The third-order valence-electron chi connectivity index (χ3n) is 6.45. The van der Waals surface area contributed by atoms with E-state index in [1.807, 2.05) is 0 Å². The fraction of sp³-hybridized carbons (Fsp3) is 1.00. The molecule has 0 spiro atoms. The highest BCUT2D eigenvalue weighted by atomic mass is 16.5. The van der Waals surface area contributed by atoms with E-state index in [9.17, 15) is 0 Å². The van der Waals surface area contributed by atoms with Crippen LogP contribution in [0, 0.1) is 23.7 Å². The molecule has 2 unspecified atom stereocenters. The van der Waals surface area contributed by atoms with E-state index in [1.165, 1.54) is 51.4 Å². The summed E-state index contributed by atoms with van der Waals surface area (Å²) in [6.07, 6.45) is 13.1. The molecule has 0 amide bonds. The third-order valence-corrected chi connectivity index (χ3v) is 6.45. The molecule has 3 heteroatoms. The van der Waals surface area contributed by atoms with Crippen LogP contribution in [0.2, 0.25) is 0 Å². The van der Waals surface area contributed by atoms with E-state index >= 15 is 0 Å². The summed E-state index contributed by atoms with van der Waals surface area (Å²) in [7, 11) is 0. The van der Waals surface area contributed by atoms with Crippen LogP contribution in [0.3, 0.4) is 0 Å². The molecule has 2 rings (SSSR count). The van der Waals surface area contributed by atoms with Crippen LogP contribution in [0.1, 0.15) is 91.9 Å². The Bertz CT molecular complexity index is 301. The van der Waals surface area contributed by atoms with Crippen molar-refractivity contribution in [2.24, 2.45) is 23.7 Å². The van der Waals surface area contributed by atoms with Gasteiger partial charge in [0, 0.05) is 0 Å². The van der Waals surface area contributed by atoms with Crippen LogP contribution in [0.4, 0.5) is 0 Å². The van der Waals surface area contributed by atoms with Crippen molar-refractivity contribution in [3.8, 4) is 0 Å². The van der Waals surface area contributed by atoms with Gasteiger partial charge in [0.25, 0.3) is 0 Å². The molecule has 2 aliphatic carbocycles. The van der Waals surface area contributed by atoms with Gasteiger partial charge in [-0.1, -0.05) is 53.4 Å². The van der Waals surface area contributed by atoms with Gasteiger partial charge in [-0.2, -0.15) is 0 Å². The lowest BCUT2D eigenvalue weighted by molar-refractivity contribution is -0.0686. The first-order valence-corrected chi connectivity index (χ1v) is 11.1. The van der Waals surface area contributed by atoms with Gasteiger partial charge in [-0.25, -0.2) is 0 Å². The smallest absolute Gasteiger partial charge is 0.109 e. The molecule has 0 aromatic carbocycles. The number of nitrogens with one attached hydrogen (secondary N) is 1. The van der Waals surface area contributed by atoms with Crippen LogP contribution >= 0.6 is 0 Å². The predicted molar refractivity (Wildman–Crippen MR) is 105 cm³/mol. The van der Waals surface area contributed by atoms with Crippen molar-refractivity contribution in [2.75, 3.05) is 13.2 Å². The molecular weight excluding hydrogens is 310 g/mol. The minimum Gasteiger partial charge on any atom is -0.363 e. The Kier molecular flexibility index (Phi) is 9.80. The van der Waals surface area contributed by atoms with Gasteiger partial charge in [-0.15, -0.1) is 0 Å². The molecule has 0 aromatic heterocycles. The molecule has 3 nitrogen and oxygen atoms in total. The average Bonchev–Trinajstić information content (AvgIpc) is 2.64. The number of ether oxygens (including phenoxy) is 2. The first-order valence-electron chi connectivity index (χ1n) is 11.1. The van der Waals surface area contributed by atoms with Crippen LogP contribution < -0.4 is 5.32 Å². The Morgan fingerprint density at radius 2 is 1.04 bits per heavy atom. The Morgan fingerprint density at radius 3 is 1.36 bits per heavy atom. The molecule has 0 heterocycles. The average molecular weight is 354 g/mol. The molecule has 2 saturated carbocycles. The van der Waals surface area contributed by atoms with E-state index in [0.29, 0.717) is 0 Å². The van der Waals surface area contributed by atoms with Crippen molar-refractivity contribution in [2.45, 2.75) is 104 Å². The molecule has 2 fully saturated rings. The van der Waals surface area contributed by atoms with Crippen molar-refractivity contribution in [1.82, 2.24) is 5.32 Å². The normalized spacial score (nSPS) is 33.1. The van der Waals surface area contributed by atoms with Crippen LogP contribution in [0.25, 0.3) is 0 Å². The minimum absolute atomic E-state index is 0.135. The van der Waals surface area contributed by atoms with Gasteiger partial charge in [-0.05, 0) is 62.2 Å². The maximum Gasteiger partial charge on any atom is 0.109 e. The first-order chi connectivity index (χ1) is 12.1. The van der Waals surface area contributed by atoms with Gasteiger partial charge in [0.2, 0.25) is 0 Å². The SMILES string of the molecule is CCC(NC(CC)OCC1CCC(C)CC1)OCC1CCC(C)CC1. The van der Waals surface area contributed by atoms with Crippen molar-refractivity contribution in [1.29, 1.82) is 0 Å². The van der Waals surface area contributed by atoms with E-state index in [2.05, 4.69) is 33.0 Å². The van der Waals surface area contributed by atoms with Gasteiger partial charge in [0.05, 0.1) is 13.2 Å². The fourth-order valence-corrected chi connectivity index (χ4v) is 4.27.